The topological polar surface area (TPSA) is 35.5 Å². The molecule has 0 heterocycles. The zero-order chi connectivity index (χ0) is 21.9. The molecule has 0 fully saturated rings. The van der Waals surface area contributed by atoms with Crippen LogP contribution in [0, 0.1) is 20.8 Å². The summed E-state index contributed by atoms with van der Waals surface area (Å²) in [6.45, 7) is 11.9. The normalized spacial score (nSPS) is 10.9. The van der Waals surface area contributed by atoms with E-state index < -0.39 is 0 Å². The number of unbranched alkanes of at least 4 members (excludes halogenated alkanes) is 4. The Morgan fingerprint density at radius 1 is 0.839 bits per heavy atom. The third-order valence-electron chi connectivity index (χ3n) is 5.13. The first kappa shape index (κ1) is 27.8. The maximum Gasteiger partial charge on any atom is 0.186 e. The molecule has 0 spiro atoms. The first-order valence-corrected chi connectivity index (χ1v) is 12.2. The molecule has 1 unspecified atom stereocenters. The monoisotopic (exact) mass is 435 g/mol. The van der Waals surface area contributed by atoms with Gasteiger partial charge in [0.25, 0.3) is 0 Å². The number of carbonyl (C=O) groups excluding carboxylic acids is 1. The first-order valence-electron chi connectivity index (χ1n) is 11.2. The Kier molecular flexibility index (Phi) is 13.2. The molecule has 2 aromatic rings. The van der Waals surface area contributed by atoms with Crippen molar-refractivity contribution in [3.05, 3.63) is 52.6 Å². The van der Waals surface area contributed by atoms with Crippen LogP contribution in [0.3, 0.4) is 0 Å². The van der Waals surface area contributed by atoms with Gasteiger partial charge in [0, 0.05) is 35.8 Å². The molecule has 0 amide bonds. The van der Waals surface area contributed by atoms with Gasteiger partial charge in [-0.2, -0.15) is 0 Å². The average Bonchev–Trinajstić information content (AvgIpc) is 2.69. The van der Waals surface area contributed by atoms with Crippen molar-refractivity contribution >= 4 is 38.3 Å². The van der Waals surface area contributed by atoms with Gasteiger partial charge in [-0.3, -0.25) is 4.79 Å². The van der Waals surface area contributed by atoms with Crippen molar-refractivity contribution in [1.29, 1.82) is 0 Å². The molecule has 0 aliphatic rings. The van der Waals surface area contributed by atoms with Crippen LogP contribution >= 0.6 is 8.58 Å². The van der Waals surface area contributed by atoms with Crippen molar-refractivity contribution < 1.29 is 14.3 Å². The van der Waals surface area contributed by atoms with Crippen LogP contribution in [0.4, 0.5) is 0 Å². The van der Waals surface area contributed by atoms with Gasteiger partial charge >= 0.3 is 0 Å². The van der Waals surface area contributed by atoms with Crippen molar-refractivity contribution in [1.82, 2.24) is 0 Å². The maximum absolute atomic E-state index is 13.1. The Bertz CT molecular complexity index is 812. The summed E-state index contributed by atoms with van der Waals surface area (Å²) in [6, 6.07) is 10.1. The fourth-order valence-corrected chi connectivity index (χ4v) is 4.81. The van der Waals surface area contributed by atoms with E-state index in [1.807, 2.05) is 32.0 Å². The summed E-state index contributed by atoms with van der Waals surface area (Å²) >= 11 is 0. The molecule has 0 aromatic heterocycles. The van der Waals surface area contributed by atoms with Crippen LogP contribution in [-0.2, 0) is 0 Å². The fourth-order valence-electron chi connectivity index (χ4n) is 3.61. The maximum atomic E-state index is 13.1. The third kappa shape index (κ3) is 9.02. The van der Waals surface area contributed by atoms with E-state index in [9.17, 15) is 4.79 Å². The predicted octanol–water partition coefficient (Wildman–Crippen LogP) is 6.51. The Morgan fingerprint density at radius 3 is 2.00 bits per heavy atom. The summed E-state index contributed by atoms with van der Waals surface area (Å²) < 4.78 is 12.0. The molecule has 0 saturated carbocycles. The van der Waals surface area contributed by atoms with Crippen LogP contribution in [-0.4, -0.2) is 37.6 Å². The van der Waals surface area contributed by atoms with Gasteiger partial charge in [0.2, 0.25) is 0 Å². The summed E-state index contributed by atoms with van der Waals surface area (Å²) in [6.07, 6.45) is 6.72. The Morgan fingerprint density at radius 2 is 1.42 bits per heavy atom. The van der Waals surface area contributed by atoms with Gasteiger partial charge in [0.05, 0.1) is 13.2 Å². The fraction of sp³-hybridized carbons (Fsp3) is 0.500. The minimum Gasteiger partial charge on any atom is -0.493 e. The quantitative estimate of drug-likeness (QED) is 0.204. The SMILES string of the molecule is CCCCCOc1ccc(PC(=O)c2c(C)cc(C)cc2C)c(OCCCCC)c1.[Li]. The van der Waals surface area contributed by atoms with Crippen LogP contribution in [0.15, 0.2) is 30.3 Å². The number of benzene rings is 2. The van der Waals surface area contributed by atoms with Gasteiger partial charge in [-0.25, -0.2) is 0 Å². The van der Waals surface area contributed by atoms with E-state index in [1.165, 1.54) is 18.4 Å². The molecule has 165 valence electrons. The zero-order valence-corrected chi connectivity index (χ0v) is 21.3. The molecular weight excluding hydrogens is 398 g/mol. The van der Waals surface area contributed by atoms with E-state index in [0.29, 0.717) is 13.2 Å². The second kappa shape index (κ2) is 14.7. The largest absolute Gasteiger partial charge is 0.493 e. The summed E-state index contributed by atoms with van der Waals surface area (Å²) in [5.41, 5.74) is 4.29. The van der Waals surface area contributed by atoms with Crippen LogP contribution in [0.25, 0.3) is 0 Å². The van der Waals surface area contributed by atoms with Gasteiger partial charge in [-0.1, -0.05) is 57.2 Å². The van der Waals surface area contributed by atoms with Crippen LogP contribution in [0.1, 0.15) is 79.4 Å². The molecule has 2 aromatic carbocycles. The van der Waals surface area contributed by atoms with E-state index in [0.717, 1.165) is 59.2 Å². The third-order valence-corrected chi connectivity index (χ3v) is 6.29. The summed E-state index contributed by atoms with van der Waals surface area (Å²) in [5, 5.41) is 0.955. The van der Waals surface area contributed by atoms with Crippen molar-refractivity contribution in [2.24, 2.45) is 0 Å². The van der Waals surface area contributed by atoms with Crippen LogP contribution < -0.4 is 14.8 Å². The van der Waals surface area contributed by atoms with Gasteiger partial charge < -0.3 is 9.47 Å². The number of hydrogen-bond donors (Lipinski definition) is 0. The zero-order valence-electron chi connectivity index (χ0n) is 20.3. The van der Waals surface area contributed by atoms with Crippen molar-refractivity contribution in [3.63, 3.8) is 0 Å². The number of ether oxygens (including phenoxy) is 2. The van der Waals surface area contributed by atoms with Gasteiger partial charge in [0.15, 0.2) is 5.52 Å². The molecule has 0 aliphatic heterocycles. The molecule has 1 radical (unpaired) electrons. The number of carbonyl (C=O) groups is 1. The molecule has 2 rings (SSSR count). The predicted molar refractivity (Wildman–Crippen MR) is 135 cm³/mol. The second-order valence-electron chi connectivity index (χ2n) is 8.00. The molecule has 0 saturated heterocycles. The molecule has 0 bridgehead atoms. The number of hydrogen-bond acceptors (Lipinski definition) is 3. The number of aryl methyl sites for hydroxylation is 3. The minimum absolute atomic E-state index is 0. The molecule has 0 aliphatic carbocycles. The Hall–Kier alpha value is -1.26. The number of rotatable bonds is 13. The molecular formula is C26H37LiO3P. The van der Waals surface area contributed by atoms with Gasteiger partial charge in [-0.15, -0.1) is 0 Å². The van der Waals surface area contributed by atoms with Crippen molar-refractivity contribution in [2.75, 3.05) is 13.2 Å². The molecule has 1 atom stereocenters. The van der Waals surface area contributed by atoms with E-state index in [1.54, 1.807) is 0 Å². The molecule has 3 nitrogen and oxygen atoms in total. The summed E-state index contributed by atoms with van der Waals surface area (Å²) in [4.78, 5) is 13.1. The smallest absolute Gasteiger partial charge is 0.186 e. The molecule has 31 heavy (non-hydrogen) atoms. The van der Waals surface area contributed by atoms with Crippen LogP contribution in [0.2, 0.25) is 0 Å². The van der Waals surface area contributed by atoms with Gasteiger partial charge in [-0.05, 0) is 65.5 Å². The van der Waals surface area contributed by atoms with Crippen molar-refractivity contribution in [2.45, 2.75) is 73.1 Å². The molecule has 5 heteroatoms. The van der Waals surface area contributed by atoms with Crippen molar-refractivity contribution in [3.8, 4) is 11.5 Å². The standard InChI is InChI=1S/C26H37O3P.Li/c1-6-8-10-14-28-22-12-13-24(23(18-22)29-15-11-9-7-2)30-26(27)25-20(4)16-19(3)17-21(25)5;/h12-13,16-18,30H,6-11,14-15H2,1-5H3;. The average molecular weight is 435 g/mol. The van der Waals surface area contributed by atoms with Crippen LogP contribution in [0.5, 0.6) is 11.5 Å². The van der Waals surface area contributed by atoms with E-state index in [-0.39, 0.29) is 33.0 Å². The molecule has 0 N–H and O–H groups in total. The summed E-state index contributed by atoms with van der Waals surface area (Å²) in [7, 11) is 0.0355. The summed E-state index contributed by atoms with van der Waals surface area (Å²) in [5.74, 6) is 1.61. The van der Waals surface area contributed by atoms with E-state index in [2.05, 4.69) is 32.9 Å². The van der Waals surface area contributed by atoms with Gasteiger partial charge in [0.1, 0.15) is 11.5 Å². The first-order chi connectivity index (χ1) is 14.5. The van der Waals surface area contributed by atoms with E-state index >= 15 is 0 Å². The Labute approximate surface area is 202 Å². The van der Waals surface area contributed by atoms with E-state index in [4.69, 9.17) is 9.47 Å². The second-order valence-corrected chi connectivity index (χ2v) is 9.24. The minimum atomic E-state index is 0. The Balaban J connectivity index is 0.00000480.